The van der Waals surface area contributed by atoms with E-state index in [2.05, 4.69) is 10.6 Å². The van der Waals surface area contributed by atoms with E-state index < -0.39 is 11.7 Å². The van der Waals surface area contributed by atoms with Gasteiger partial charge in [0, 0.05) is 19.0 Å². The van der Waals surface area contributed by atoms with Crippen LogP contribution in [0.3, 0.4) is 0 Å². The molecule has 0 saturated heterocycles. The minimum absolute atomic E-state index is 0.00264. The van der Waals surface area contributed by atoms with Gasteiger partial charge in [-0.05, 0) is 31.0 Å². The third kappa shape index (κ3) is 3.67. The number of phenolic OH excluding ortho intramolecular Hbond substituents is 1. The highest BCUT2D eigenvalue weighted by molar-refractivity contribution is 5.96. The summed E-state index contributed by atoms with van der Waals surface area (Å²) < 4.78 is 12.9. The molecule has 1 aliphatic carbocycles. The quantitative estimate of drug-likeness (QED) is 0.689. The van der Waals surface area contributed by atoms with E-state index >= 15 is 0 Å². The summed E-state index contributed by atoms with van der Waals surface area (Å²) in [4.78, 5) is 23.0. The Labute approximate surface area is 109 Å². The number of amides is 2. The summed E-state index contributed by atoms with van der Waals surface area (Å²) in [6.07, 6.45) is 1.85. The zero-order chi connectivity index (χ0) is 13.8. The van der Waals surface area contributed by atoms with E-state index in [1.807, 2.05) is 0 Å². The average Bonchev–Trinajstić information content (AvgIpc) is 3.21. The van der Waals surface area contributed by atoms with Crippen LogP contribution in [0.2, 0.25) is 0 Å². The lowest BCUT2D eigenvalue weighted by atomic mass is 10.2. The number of hydrogen-bond acceptors (Lipinski definition) is 3. The molecule has 1 aromatic carbocycles. The molecule has 1 aliphatic rings. The minimum atomic E-state index is -0.593. The molecule has 2 rings (SSSR count). The molecule has 0 unspecified atom stereocenters. The van der Waals surface area contributed by atoms with Crippen LogP contribution in [0.5, 0.6) is 5.75 Å². The number of nitrogens with one attached hydrogen (secondary N) is 2. The molecule has 1 aromatic rings. The van der Waals surface area contributed by atoms with Crippen LogP contribution in [0.25, 0.3) is 0 Å². The monoisotopic (exact) mass is 266 g/mol. The van der Waals surface area contributed by atoms with Crippen molar-refractivity contribution >= 4 is 11.8 Å². The standard InChI is InChI=1S/C13H15FN2O3/c14-9-3-4-11(17)10(7-9)13(19)16-6-5-15-12(18)8-1-2-8/h3-4,7-8,17H,1-2,5-6H2,(H,15,18)(H,16,19). The topological polar surface area (TPSA) is 78.4 Å². The average molecular weight is 266 g/mol. The minimum Gasteiger partial charge on any atom is -0.507 e. The Morgan fingerprint density at radius 1 is 1.26 bits per heavy atom. The molecule has 2 amide bonds. The smallest absolute Gasteiger partial charge is 0.255 e. The van der Waals surface area contributed by atoms with Crippen molar-refractivity contribution in [2.45, 2.75) is 12.8 Å². The van der Waals surface area contributed by atoms with Gasteiger partial charge in [-0.15, -0.1) is 0 Å². The summed E-state index contributed by atoms with van der Waals surface area (Å²) >= 11 is 0. The molecule has 6 heteroatoms. The van der Waals surface area contributed by atoms with Crippen LogP contribution in [-0.2, 0) is 4.79 Å². The zero-order valence-corrected chi connectivity index (χ0v) is 10.3. The number of aromatic hydroxyl groups is 1. The number of rotatable bonds is 5. The van der Waals surface area contributed by atoms with Gasteiger partial charge in [-0.1, -0.05) is 0 Å². The molecule has 0 bridgehead atoms. The van der Waals surface area contributed by atoms with E-state index in [1.165, 1.54) is 0 Å². The first kappa shape index (κ1) is 13.3. The van der Waals surface area contributed by atoms with E-state index in [1.54, 1.807) is 0 Å². The molecule has 0 aromatic heterocycles. The van der Waals surface area contributed by atoms with Gasteiger partial charge in [0.2, 0.25) is 5.91 Å². The van der Waals surface area contributed by atoms with Gasteiger partial charge < -0.3 is 15.7 Å². The van der Waals surface area contributed by atoms with Crippen LogP contribution in [0, 0.1) is 11.7 Å². The third-order valence-corrected chi connectivity index (χ3v) is 2.86. The number of phenols is 1. The van der Waals surface area contributed by atoms with Gasteiger partial charge in [0.15, 0.2) is 0 Å². The van der Waals surface area contributed by atoms with Crippen LogP contribution in [0.15, 0.2) is 18.2 Å². The Balaban J connectivity index is 1.77. The summed E-state index contributed by atoms with van der Waals surface area (Å²) in [5.41, 5.74) is -0.117. The molecule has 1 saturated carbocycles. The van der Waals surface area contributed by atoms with Crippen molar-refractivity contribution in [3.8, 4) is 5.75 Å². The highest BCUT2D eigenvalue weighted by atomic mass is 19.1. The van der Waals surface area contributed by atoms with Crippen LogP contribution < -0.4 is 10.6 Å². The van der Waals surface area contributed by atoms with E-state index in [0.29, 0.717) is 6.54 Å². The molecule has 0 heterocycles. The second kappa shape index (κ2) is 5.69. The molecule has 0 radical (unpaired) electrons. The van der Waals surface area contributed by atoms with E-state index in [0.717, 1.165) is 31.0 Å². The molecule has 0 spiro atoms. The first-order valence-electron chi connectivity index (χ1n) is 6.12. The van der Waals surface area contributed by atoms with Crippen LogP contribution in [-0.4, -0.2) is 30.0 Å². The molecule has 5 nitrogen and oxygen atoms in total. The maximum Gasteiger partial charge on any atom is 0.255 e. The predicted molar refractivity (Wildman–Crippen MR) is 66.1 cm³/mol. The zero-order valence-electron chi connectivity index (χ0n) is 10.3. The summed E-state index contributed by atoms with van der Waals surface area (Å²) in [7, 11) is 0. The lowest BCUT2D eigenvalue weighted by molar-refractivity contribution is -0.122. The lowest BCUT2D eigenvalue weighted by Gasteiger charge is -2.08. The summed E-state index contributed by atoms with van der Waals surface area (Å²) in [6, 6.07) is 3.16. The Bertz CT molecular complexity index is 501. The van der Waals surface area contributed by atoms with Crippen molar-refractivity contribution in [1.29, 1.82) is 0 Å². The fourth-order valence-corrected chi connectivity index (χ4v) is 1.64. The Hall–Kier alpha value is -2.11. The SMILES string of the molecule is O=C(NCCNC(=O)C1CC1)c1cc(F)ccc1O. The first-order valence-corrected chi connectivity index (χ1v) is 6.12. The molecule has 0 aliphatic heterocycles. The summed E-state index contributed by atoms with van der Waals surface area (Å²) in [5.74, 6) is -1.31. The largest absolute Gasteiger partial charge is 0.507 e. The van der Waals surface area contributed by atoms with Crippen molar-refractivity contribution in [1.82, 2.24) is 10.6 Å². The van der Waals surface area contributed by atoms with E-state index in [-0.39, 0.29) is 29.7 Å². The van der Waals surface area contributed by atoms with Crippen molar-refractivity contribution in [2.75, 3.05) is 13.1 Å². The molecule has 1 fully saturated rings. The molecule has 3 N–H and O–H groups in total. The van der Waals surface area contributed by atoms with Crippen molar-refractivity contribution in [3.63, 3.8) is 0 Å². The Morgan fingerprint density at radius 2 is 1.95 bits per heavy atom. The number of benzene rings is 1. The van der Waals surface area contributed by atoms with Gasteiger partial charge in [0.05, 0.1) is 5.56 Å². The maximum atomic E-state index is 12.9. The van der Waals surface area contributed by atoms with E-state index in [4.69, 9.17) is 0 Å². The Morgan fingerprint density at radius 3 is 2.63 bits per heavy atom. The van der Waals surface area contributed by atoms with Gasteiger partial charge in [0.1, 0.15) is 11.6 Å². The molecule has 102 valence electrons. The van der Waals surface area contributed by atoms with Crippen molar-refractivity contribution < 1.29 is 19.1 Å². The highest BCUT2D eigenvalue weighted by Gasteiger charge is 2.29. The van der Waals surface area contributed by atoms with Gasteiger partial charge in [0.25, 0.3) is 5.91 Å². The molecule has 0 atom stereocenters. The number of carbonyl (C=O) groups excluding carboxylic acids is 2. The van der Waals surface area contributed by atoms with E-state index in [9.17, 15) is 19.1 Å². The van der Waals surface area contributed by atoms with Gasteiger partial charge in [-0.25, -0.2) is 4.39 Å². The van der Waals surface area contributed by atoms with Crippen LogP contribution in [0.4, 0.5) is 4.39 Å². The van der Waals surface area contributed by atoms with Gasteiger partial charge in [-0.2, -0.15) is 0 Å². The number of carbonyl (C=O) groups is 2. The van der Waals surface area contributed by atoms with Gasteiger partial charge in [-0.3, -0.25) is 9.59 Å². The van der Waals surface area contributed by atoms with Crippen LogP contribution in [0.1, 0.15) is 23.2 Å². The van der Waals surface area contributed by atoms with Crippen LogP contribution >= 0.6 is 0 Å². The van der Waals surface area contributed by atoms with Crippen molar-refractivity contribution in [2.24, 2.45) is 5.92 Å². The van der Waals surface area contributed by atoms with Gasteiger partial charge >= 0.3 is 0 Å². The second-order valence-corrected chi connectivity index (χ2v) is 4.48. The molecular formula is C13H15FN2O3. The Kier molecular flexibility index (Phi) is 3.99. The highest BCUT2D eigenvalue weighted by Crippen LogP contribution is 2.28. The normalized spacial score (nSPS) is 13.9. The number of hydrogen-bond donors (Lipinski definition) is 3. The third-order valence-electron chi connectivity index (χ3n) is 2.86. The maximum absolute atomic E-state index is 12.9. The molecular weight excluding hydrogens is 251 g/mol. The second-order valence-electron chi connectivity index (χ2n) is 4.48. The fraction of sp³-hybridized carbons (Fsp3) is 0.385. The van der Waals surface area contributed by atoms with Crippen molar-refractivity contribution in [3.05, 3.63) is 29.6 Å². The summed E-state index contributed by atoms with van der Waals surface area (Å²) in [5, 5.41) is 14.6. The lowest BCUT2D eigenvalue weighted by Crippen LogP contribution is -2.35. The molecule has 19 heavy (non-hydrogen) atoms. The fourth-order valence-electron chi connectivity index (χ4n) is 1.64. The first-order chi connectivity index (χ1) is 9.08. The summed E-state index contributed by atoms with van der Waals surface area (Å²) in [6.45, 7) is 0.546. The number of halogens is 1. The predicted octanol–water partition coefficient (Wildman–Crippen LogP) is 0.787.